The Hall–Kier alpha value is -2.07. The van der Waals surface area contributed by atoms with E-state index in [1.54, 1.807) is 45.6 Å². The maximum absolute atomic E-state index is 6.27. The molecule has 0 bridgehead atoms. The number of methoxy groups -OCH3 is 3. The van der Waals surface area contributed by atoms with Gasteiger partial charge in [0.15, 0.2) is 0 Å². The summed E-state index contributed by atoms with van der Waals surface area (Å²) in [6.07, 6.45) is 0. The number of anilines is 1. The molecule has 0 fully saturated rings. The van der Waals surface area contributed by atoms with Crippen LogP contribution in [0.25, 0.3) is 11.1 Å². The van der Waals surface area contributed by atoms with E-state index in [9.17, 15) is 0 Å². The van der Waals surface area contributed by atoms with Gasteiger partial charge < -0.3 is 19.9 Å². The van der Waals surface area contributed by atoms with E-state index in [1.807, 2.05) is 6.07 Å². The molecular weight excluding hydrogens is 278 g/mol. The summed E-state index contributed by atoms with van der Waals surface area (Å²) in [5.41, 5.74) is 7.88. The molecule has 0 aliphatic rings. The number of halogens is 1. The topological polar surface area (TPSA) is 53.7 Å². The average Bonchev–Trinajstić information content (AvgIpc) is 2.46. The molecule has 0 amide bonds. The number of ether oxygens (including phenoxy) is 3. The van der Waals surface area contributed by atoms with Gasteiger partial charge in [0.05, 0.1) is 31.9 Å². The predicted octanol–water partition coefficient (Wildman–Crippen LogP) is 3.62. The Labute approximate surface area is 123 Å². The largest absolute Gasteiger partial charge is 0.496 e. The van der Waals surface area contributed by atoms with Crippen LogP contribution >= 0.6 is 11.6 Å². The molecule has 0 spiro atoms. The van der Waals surface area contributed by atoms with Crippen molar-refractivity contribution < 1.29 is 14.2 Å². The number of benzene rings is 2. The number of nitrogens with two attached hydrogens (primary N) is 1. The first-order valence-corrected chi connectivity index (χ1v) is 6.34. The van der Waals surface area contributed by atoms with Crippen molar-refractivity contribution in [3.05, 3.63) is 35.4 Å². The molecule has 0 radical (unpaired) electrons. The minimum atomic E-state index is 0.534. The summed E-state index contributed by atoms with van der Waals surface area (Å²) in [6, 6.07) is 8.88. The van der Waals surface area contributed by atoms with Crippen molar-refractivity contribution in [2.75, 3.05) is 27.1 Å². The van der Waals surface area contributed by atoms with Crippen LogP contribution in [0.15, 0.2) is 30.3 Å². The zero-order valence-electron chi connectivity index (χ0n) is 11.6. The lowest BCUT2D eigenvalue weighted by molar-refractivity contribution is 0.377. The Morgan fingerprint density at radius 1 is 0.900 bits per heavy atom. The highest BCUT2D eigenvalue weighted by atomic mass is 35.5. The third-order valence-corrected chi connectivity index (χ3v) is 3.29. The normalized spacial score (nSPS) is 10.2. The van der Waals surface area contributed by atoms with Crippen molar-refractivity contribution in [2.24, 2.45) is 0 Å². The Bertz CT molecular complexity index is 604. The van der Waals surface area contributed by atoms with Gasteiger partial charge in [0.25, 0.3) is 0 Å². The van der Waals surface area contributed by atoms with Crippen LogP contribution in [0.5, 0.6) is 17.2 Å². The molecule has 0 unspecified atom stereocenters. The lowest BCUT2D eigenvalue weighted by atomic mass is 10.0. The van der Waals surface area contributed by atoms with E-state index in [1.165, 1.54) is 0 Å². The van der Waals surface area contributed by atoms with Gasteiger partial charge in [-0.1, -0.05) is 17.7 Å². The molecule has 5 heteroatoms. The minimum Gasteiger partial charge on any atom is -0.496 e. The first-order valence-electron chi connectivity index (χ1n) is 5.96. The maximum atomic E-state index is 6.27. The van der Waals surface area contributed by atoms with Crippen molar-refractivity contribution >= 4 is 17.3 Å². The molecule has 0 aliphatic heterocycles. The fraction of sp³-hybridized carbons (Fsp3) is 0.200. The van der Waals surface area contributed by atoms with Crippen molar-refractivity contribution in [2.45, 2.75) is 0 Å². The van der Waals surface area contributed by atoms with Crippen molar-refractivity contribution in [3.8, 4) is 28.4 Å². The van der Waals surface area contributed by atoms with Gasteiger partial charge in [-0.25, -0.2) is 0 Å². The van der Waals surface area contributed by atoms with Gasteiger partial charge in [0, 0.05) is 23.4 Å². The van der Waals surface area contributed by atoms with Crippen molar-refractivity contribution in [1.29, 1.82) is 0 Å². The van der Waals surface area contributed by atoms with E-state index < -0.39 is 0 Å². The SMILES string of the molecule is COc1cc(OC)c(-c2ccc(N)cc2Cl)c(OC)c1. The summed E-state index contributed by atoms with van der Waals surface area (Å²) in [7, 11) is 4.76. The second-order valence-corrected chi connectivity index (χ2v) is 4.55. The van der Waals surface area contributed by atoms with Crippen LogP contribution in [0.1, 0.15) is 0 Å². The van der Waals surface area contributed by atoms with Crippen molar-refractivity contribution in [3.63, 3.8) is 0 Å². The van der Waals surface area contributed by atoms with Crippen LogP contribution in [0, 0.1) is 0 Å². The standard InChI is InChI=1S/C15H16ClNO3/c1-18-10-7-13(19-2)15(14(8-10)20-3)11-5-4-9(17)6-12(11)16/h4-8H,17H2,1-3H3. The molecule has 0 heterocycles. The predicted molar refractivity (Wildman–Crippen MR) is 81.0 cm³/mol. The molecule has 2 N–H and O–H groups in total. The number of rotatable bonds is 4. The van der Waals surface area contributed by atoms with Gasteiger partial charge in [-0.3, -0.25) is 0 Å². The molecule has 0 aliphatic carbocycles. The summed E-state index contributed by atoms with van der Waals surface area (Å²) >= 11 is 6.27. The minimum absolute atomic E-state index is 0.534. The second kappa shape index (κ2) is 5.92. The van der Waals surface area contributed by atoms with Crippen molar-refractivity contribution in [1.82, 2.24) is 0 Å². The van der Waals surface area contributed by atoms with E-state index >= 15 is 0 Å². The Morgan fingerprint density at radius 2 is 1.50 bits per heavy atom. The highest BCUT2D eigenvalue weighted by Crippen LogP contribution is 2.44. The lowest BCUT2D eigenvalue weighted by Gasteiger charge is -2.16. The first-order chi connectivity index (χ1) is 9.60. The monoisotopic (exact) mass is 293 g/mol. The van der Waals surface area contributed by atoms with Crippen LogP contribution in [0.4, 0.5) is 5.69 Å². The van der Waals surface area contributed by atoms with Gasteiger partial charge >= 0.3 is 0 Å². The van der Waals surface area contributed by atoms with Crippen LogP contribution in [0.3, 0.4) is 0 Å². The molecule has 0 saturated heterocycles. The van der Waals surface area contributed by atoms with Crippen LogP contribution in [-0.2, 0) is 0 Å². The molecule has 20 heavy (non-hydrogen) atoms. The van der Waals surface area contributed by atoms with Crippen LogP contribution in [0.2, 0.25) is 5.02 Å². The van der Waals surface area contributed by atoms with Gasteiger partial charge in [0.2, 0.25) is 0 Å². The second-order valence-electron chi connectivity index (χ2n) is 4.15. The molecule has 2 aromatic rings. The quantitative estimate of drug-likeness (QED) is 0.875. The van der Waals surface area contributed by atoms with E-state index in [0.29, 0.717) is 28.0 Å². The van der Waals surface area contributed by atoms with E-state index in [2.05, 4.69) is 0 Å². The van der Waals surface area contributed by atoms with E-state index in [4.69, 9.17) is 31.5 Å². The molecule has 0 atom stereocenters. The molecule has 106 valence electrons. The molecule has 0 aromatic heterocycles. The number of hydrogen-bond acceptors (Lipinski definition) is 4. The van der Waals surface area contributed by atoms with Gasteiger partial charge in [-0.2, -0.15) is 0 Å². The zero-order chi connectivity index (χ0) is 14.7. The number of hydrogen-bond donors (Lipinski definition) is 1. The summed E-state index contributed by atoms with van der Waals surface area (Å²) < 4.78 is 16.1. The fourth-order valence-corrected chi connectivity index (χ4v) is 2.29. The lowest BCUT2D eigenvalue weighted by Crippen LogP contribution is -1.96. The summed E-state index contributed by atoms with van der Waals surface area (Å²) in [5.74, 6) is 1.88. The molecular formula is C15H16ClNO3. The number of nitrogen functional groups attached to an aromatic ring is 1. The Morgan fingerprint density at radius 3 is 1.95 bits per heavy atom. The third-order valence-electron chi connectivity index (χ3n) is 2.98. The van der Waals surface area contributed by atoms with Crippen LogP contribution < -0.4 is 19.9 Å². The summed E-state index contributed by atoms with van der Waals surface area (Å²) in [6.45, 7) is 0. The van der Waals surface area contributed by atoms with E-state index in [0.717, 1.165) is 11.1 Å². The fourth-order valence-electron chi connectivity index (χ4n) is 2.01. The van der Waals surface area contributed by atoms with E-state index in [-0.39, 0.29) is 0 Å². The highest BCUT2D eigenvalue weighted by Gasteiger charge is 2.17. The maximum Gasteiger partial charge on any atom is 0.134 e. The molecule has 2 aromatic carbocycles. The smallest absolute Gasteiger partial charge is 0.134 e. The van der Waals surface area contributed by atoms with Crippen LogP contribution in [-0.4, -0.2) is 21.3 Å². The molecule has 4 nitrogen and oxygen atoms in total. The summed E-state index contributed by atoms with van der Waals surface area (Å²) in [4.78, 5) is 0. The van der Waals surface area contributed by atoms with Gasteiger partial charge in [-0.15, -0.1) is 0 Å². The van der Waals surface area contributed by atoms with Gasteiger partial charge in [0.1, 0.15) is 17.2 Å². The first kappa shape index (κ1) is 14.3. The molecule has 2 rings (SSSR count). The molecule has 0 saturated carbocycles. The Kier molecular flexibility index (Phi) is 4.25. The van der Waals surface area contributed by atoms with Gasteiger partial charge in [-0.05, 0) is 12.1 Å². The summed E-state index contributed by atoms with van der Waals surface area (Å²) in [5, 5.41) is 0.534. The highest BCUT2D eigenvalue weighted by molar-refractivity contribution is 6.33. The average molecular weight is 294 g/mol. The zero-order valence-corrected chi connectivity index (χ0v) is 12.3. The Balaban J connectivity index is 2.71. The third kappa shape index (κ3) is 2.60.